The van der Waals surface area contributed by atoms with E-state index in [2.05, 4.69) is 19.2 Å². The first-order valence-corrected chi connectivity index (χ1v) is 5.84. The first kappa shape index (κ1) is 13.6. The van der Waals surface area contributed by atoms with Crippen molar-refractivity contribution in [3.05, 3.63) is 23.1 Å². The zero-order valence-electron chi connectivity index (χ0n) is 10.3. The minimum atomic E-state index is -0.106. The molecule has 1 N–H and O–H groups in total. The van der Waals surface area contributed by atoms with Crippen LogP contribution in [-0.2, 0) is 4.74 Å². The first-order valence-electron chi connectivity index (χ1n) is 5.46. The van der Waals surface area contributed by atoms with Gasteiger partial charge in [-0.05, 0) is 57.5 Å². The normalized spacial score (nSPS) is 14.1. The van der Waals surface area contributed by atoms with Crippen LogP contribution in [0.2, 0.25) is 5.22 Å². The Bertz CT molecular complexity index is 323. The molecule has 1 aromatic heterocycles. The molecule has 0 radical (unpaired) electrons. The van der Waals surface area contributed by atoms with Crippen molar-refractivity contribution in [2.75, 3.05) is 14.2 Å². The van der Waals surface area contributed by atoms with Crippen molar-refractivity contribution in [2.45, 2.75) is 38.3 Å². The maximum atomic E-state index is 5.76. The third kappa shape index (κ3) is 3.81. The van der Waals surface area contributed by atoms with E-state index >= 15 is 0 Å². The van der Waals surface area contributed by atoms with Crippen molar-refractivity contribution in [1.29, 1.82) is 0 Å². The summed E-state index contributed by atoms with van der Waals surface area (Å²) in [5, 5.41) is 3.65. The molecule has 0 saturated carbocycles. The third-order valence-corrected chi connectivity index (χ3v) is 3.08. The third-order valence-electron chi connectivity index (χ3n) is 2.87. The second-order valence-electron chi connectivity index (χ2n) is 4.49. The highest BCUT2D eigenvalue weighted by atomic mass is 35.5. The number of halogens is 1. The summed E-state index contributed by atoms with van der Waals surface area (Å²) in [5.74, 6) is 0.874. The van der Waals surface area contributed by atoms with Crippen LogP contribution in [0.1, 0.15) is 38.5 Å². The fraction of sp³-hybridized carbons (Fsp3) is 0.667. The Morgan fingerprint density at radius 1 is 1.50 bits per heavy atom. The fourth-order valence-corrected chi connectivity index (χ4v) is 1.69. The molecule has 1 atom stereocenters. The molecule has 0 amide bonds. The highest BCUT2D eigenvalue weighted by molar-refractivity contribution is 6.28. The van der Waals surface area contributed by atoms with Gasteiger partial charge in [-0.2, -0.15) is 0 Å². The summed E-state index contributed by atoms with van der Waals surface area (Å²) < 4.78 is 10.8. The molecule has 0 bridgehead atoms. The smallest absolute Gasteiger partial charge is 0.193 e. The van der Waals surface area contributed by atoms with Crippen LogP contribution in [0.5, 0.6) is 0 Å². The van der Waals surface area contributed by atoms with E-state index in [4.69, 9.17) is 20.8 Å². The molecule has 0 saturated heterocycles. The SMILES string of the molecule is CNC(CCC(C)(C)OC)c1ccc(Cl)o1. The van der Waals surface area contributed by atoms with Crippen LogP contribution in [0.15, 0.2) is 16.5 Å². The topological polar surface area (TPSA) is 34.4 Å². The van der Waals surface area contributed by atoms with E-state index in [0.717, 1.165) is 18.6 Å². The lowest BCUT2D eigenvalue weighted by Crippen LogP contribution is -2.25. The molecule has 4 heteroatoms. The molecule has 0 fully saturated rings. The lowest BCUT2D eigenvalue weighted by atomic mass is 9.98. The molecule has 92 valence electrons. The van der Waals surface area contributed by atoms with Crippen molar-refractivity contribution in [3.8, 4) is 0 Å². The van der Waals surface area contributed by atoms with Crippen LogP contribution in [0, 0.1) is 0 Å². The second-order valence-corrected chi connectivity index (χ2v) is 4.86. The van der Waals surface area contributed by atoms with Gasteiger partial charge in [0.05, 0.1) is 11.6 Å². The molecule has 0 aliphatic carbocycles. The number of hydrogen-bond donors (Lipinski definition) is 1. The van der Waals surface area contributed by atoms with Gasteiger partial charge >= 0.3 is 0 Å². The summed E-state index contributed by atoms with van der Waals surface area (Å²) in [4.78, 5) is 0. The first-order chi connectivity index (χ1) is 7.48. The van der Waals surface area contributed by atoms with Crippen LogP contribution in [0.4, 0.5) is 0 Å². The molecule has 1 heterocycles. The van der Waals surface area contributed by atoms with Gasteiger partial charge in [-0.25, -0.2) is 0 Å². The van der Waals surface area contributed by atoms with Gasteiger partial charge in [0.2, 0.25) is 0 Å². The Morgan fingerprint density at radius 2 is 2.19 bits per heavy atom. The number of methoxy groups -OCH3 is 1. The average molecular weight is 246 g/mol. The standard InChI is InChI=1S/C12H20ClNO2/c1-12(2,15-4)8-7-9(14-3)10-5-6-11(13)16-10/h5-6,9,14H,7-8H2,1-4H3. The van der Waals surface area contributed by atoms with Crippen LogP contribution < -0.4 is 5.32 Å². The molecule has 0 aliphatic rings. The summed E-state index contributed by atoms with van der Waals surface area (Å²) in [6.45, 7) is 4.16. The molecule has 0 aromatic carbocycles. The molecule has 0 spiro atoms. The highest BCUT2D eigenvalue weighted by Gasteiger charge is 2.21. The summed E-state index contributed by atoms with van der Waals surface area (Å²) in [6.07, 6.45) is 1.90. The van der Waals surface area contributed by atoms with Crippen molar-refractivity contribution >= 4 is 11.6 Å². The summed E-state index contributed by atoms with van der Waals surface area (Å²) >= 11 is 5.76. The predicted molar refractivity (Wildman–Crippen MR) is 65.8 cm³/mol. The number of hydrogen-bond acceptors (Lipinski definition) is 3. The maximum absolute atomic E-state index is 5.76. The van der Waals surface area contributed by atoms with Gasteiger partial charge in [0, 0.05) is 7.11 Å². The van der Waals surface area contributed by atoms with Crippen LogP contribution >= 0.6 is 11.6 Å². The van der Waals surface area contributed by atoms with Crippen LogP contribution in [-0.4, -0.2) is 19.8 Å². The zero-order valence-corrected chi connectivity index (χ0v) is 11.1. The van der Waals surface area contributed by atoms with Gasteiger partial charge in [0.25, 0.3) is 0 Å². The summed E-state index contributed by atoms with van der Waals surface area (Å²) in [5.41, 5.74) is -0.106. The van der Waals surface area contributed by atoms with E-state index < -0.39 is 0 Å². The molecule has 3 nitrogen and oxygen atoms in total. The number of rotatable bonds is 6. The van der Waals surface area contributed by atoms with E-state index in [9.17, 15) is 0 Å². The largest absolute Gasteiger partial charge is 0.448 e. The fourth-order valence-electron chi connectivity index (χ4n) is 1.54. The molecule has 1 aromatic rings. The maximum Gasteiger partial charge on any atom is 0.193 e. The molecule has 0 aliphatic heterocycles. The van der Waals surface area contributed by atoms with Crippen molar-refractivity contribution in [2.24, 2.45) is 0 Å². The van der Waals surface area contributed by atoms with Gasteiger partial charge < -0.3 is 14.5 Å². The van der Waals surface area contributed by atoms with Gasteiger partial charge in [-0.1, -0.05) is 0 Å². The van der Waals surface area contributed by atoms with E-state index in [1.165, 1.54) is 0 Å². The average Bonchev–Trinajstić information content (AvgIpc) is 2.66. The summed E-state index contributed by atoms with van der Waals surface area (Å²) in [7, 11) is 3.65. The van der Waals surface area contributed by atoms with Gasteiger partial charge in [0.15, 0.2) is 5.22 Å². The Balaban J connectivity index is 2.56. The van der Waals surface area contributed by atoms with Crippen molar-refractivity contribution in [1.82, 2.24) is 5.32 Å². The number of nitrogens with one attached hydrogen (secondary N) is 1. The van der Waals surface area contributed by atoms with E-state index in [0.29, 0.717) is 5.22 Å². The van der Waals surface area contributed by atoms with E-state index in [-0.39, 0.29) is 11.6 Å². The molecular formula is C12H20ClNO2. The van der Waals surface area contributed by atoms with E-state index in [1.807, 2.05) is 13.1 Å². The molecule has 1 unspecified atom stereocenters. The molecule has 1 rings (SSSR count). The Morgan fingerprint density at radius 3 is 2.62 bits per heavy atom. The minimum absolute atomic E-state index is 0.106. The number of furan rings is 1. The Kier molecular flexibility index (Phi) is 4.84. The monoisotopic (exact) mass is 245 g/mol. The Labute approximate surface area is 102 Å². The van der Waals surface area contributed by atoms with Crippen LogP contribution in [0.25, 0.3) is 0 Å². The lowest BCUT2D eigenvalue weighted by Gasteiger charge is -2.25. The van der Waals surface area contributed by atoms with Crippen molar-refractivity contribution < 1.29 is 9.15 Å². The Hall–Kier alpha value is -0.510. The van der Waals surface area contributed by atoms with Crippen LogP contribution in [0.3, 0.4) is 0 Å². The van der Waals surface area contributed by atoms with Gasteiger partial charge in [-0.3, -0.25) is 0 Å². The van der Waals surface area contributed by atoms with Gasteiger partial charge in [-0.15, -0.1) is 0 Å². The van der Waals surface area contributed by atoms with Gasteiger partial charge in [0.1, 0.15) is 5.76 Å². The minimum Gasteiger partial charge on any atom is -0.448 e. The molecular weight excluding hydrogens is 226 g/mol. The lowest BCUT2D eigenvalue weighted by molar-refractivity contribution is 0.0114. The quantitative estimate of drug-likeness (QED) is 0.834. The number of ether oxygens (including phenoxy) is 1. The predicted octanol–water partition coefficient (Wildman–Crippen LogP) is 3.40. The highest BCUT2D eigenvalue weighted by Crippen LogP contribution is 2.26. The molecule has 16 heavy (non-hydrogen) atoms. The zero-order chi connectivity index (χ0) is 12.2. The van der Waals surface area contributed by atoms with Crippen molar-refractivity contribution in [3.63, 3.8) is 0 Å². The van der Waals surface area contributed by atoms with E-state index in [1.54, 1.807) is 13.2 Å². The summed E-state index contributed by atoms with van der Waals surface area (Å²) in [6, 6.07) is 3.85. The second kappa shape index (κ2) is 5.71.